The highest BCUT2D eigenvalue weighted by Gasteiger charge is 2.18. The Morgan fingerprint density at radius 3 is 2.71 bits per heavy atom. The van der Waals surface area contributed by atoms with Gasteiger partial charge in [-0.3, -0.25) is 0 Å². The molecule has 1 heterocycles. The Morgan fingerprint density at radius 1 is 1.14 bits per heavy atom. The van der Waals surface area contributed by atoms with Crippen LogP contribution in [0.1, 0.15) is 30.5 Å². The van der Waals surface area contributed by atoms with Crippen LogP contribution < -0.4 is 11.3 Å². The van der Waals surface area contributed by atoms with Gasteiger partial charge in [-0.25, -0.2) is 15.8 Å². The molecule has 1 aliphatic carbocycles. The van der Waals surface area contributed by atoms with Crippen LogP contribution in [-0.2, 0) is 12.8 Å². The summed E-state index contributed by atoms with van der Waals surface area (Å²) >= 11 is 9.72. The monoisotopic (exact) mass is 366 g/mol. The number of nitrogens with one attached hydrogen (secondary N) is 1. The molecule has 110 valence electrons. The lowest BCUT2D eigenvalue weighted by Gasteiger charge is -2.13. The molecular weight excluding hydrogens is 352 g/mol. The summed E-state index contributed by atoms with van der Waals surface area (Å²) in [5.41, 5.74) is 5.78. The van der Waals surface area contributed by atoms with E-state index in [0.29, 0.717) is 10.8 Å². The summed E-state index contributed by atoms with van der Waals surface area (Å²) in [4.78, 5) is 9.30. The standard InChI is InChI=1S/C15H16BrClN4/c16-9-6-7-10(12(17)8-9)14-19-13-5-3-1-2-4-11(13)15(20-14)21-18/h6-8H,1-5,18H2,(H,19,20,21). The molecule has 3 N–H and O–H groups in total. The minimum absolute atomic E-state index is 0.626. The van der Waals surface area contributed by atoms with Gasteiger partial charge < -0.3 is 5.43 Å². The first-order valence-electron chi connectivity index (χ1n) is 7.01. The van der Waals surface area contributed by atoms with Gasteiger partial charge in [-0.2, -0.15) is 0 Å². The summed E-state index contributed by atoms with van der Waals surface area (Å²) in [7, 11) is 0. The number of aryl methyl sites for hydroxylation is 1. The maximum Gasteiger partial charge on any atom is 0.163 e. The number of fused-ring (bicyclic) bond motifs is 1. The molecule has 0 bridgehead atoms. The molecule has 0 unspecified atom stereocenters. The van der Waals surface area contributed by atoms with Gasteiger partial charge in [0.15, 0.2) is 5.82 Å². The number of hydrazine groups is 1. The molecule has 0 atom stereocenters. The van der Waals surface area contributed by atoms with Gasteiger partial charge in [0.25, 0.3) is 0 Å². The van der Waals surface area contributed by atoms with Crippen molar-refractivity contribution in [1.29, 1.82) is 0 Å². The second kappa shape index (κ2) is 6.30. The zero-order valence-corrected chi connectivity index (χ0v) is 13.8. The van der Waals surface area contributed by atoms with Crippen LogP contribution in [0.15, 0.2) is 22.7 Å². The average Bonchev–Trinajstić information content (AvgIpc) is 2.71. The molecule has 0 fully saturated rings. The van der Waals surface area contributed by atoms with Gasteiger partial charge in [-0.1, -0.05) is 34.0 Å². The summed E-state index contributed by atoms with van der Waals surface area (Å²) in [6, 6.07) is 5.71. The molecule has 0 radical (unpaired) electrons. The number of rotatable bonds is 2. The van der Waals surface area contributed by atoms with Gasteiger partial charge >= 0.3 is 0 Å². The van der Waals surface area contributed by atoms with E-state index in [1.54, 1.807) is 0 Å². The van der Waals surface area contributed by atoms with Crippen LogP contribution in [0, 0.1) is 0 Å². The normalized spacial score (nSPS) is 14.4. The number of nitrogens with zero attached hydrogens (tertiary/aromatic N) is 2. The molecule has 0 amide bonds. The summed E-state index contributed by atoms with van der Waals surface area (Å²) in [5.74, 6) is 7.00. The number of nitrogen functional groups attached to an aromatic ring is 1. The molecule has 6 heteroatoms. The lowest BCUT2D eigenvalue weighted by atomic mass is 10.1. The number of nitrogens with two attached hydrogens (primary N) is 1. The molecule has 4 nitrogen and oxygen atoms in total. The molecule has 0 spiro atoms. The van der Waals surface area contributed by atoms with E-state index in [0.717, 1.165) is 52.8 Å². The van der Waals surface area contributed by atoms with Crippen molar-refractivity contribution >= 4 is 33.3 Å². The highest BCUT2D eigenvalue weighted by molar-refractivity contribution is 9.10. The van der Waals surface area contributed by atoms with Gasteiger partial charge in [0.05, 0.1) is 5.02 Å². The first-order chi connectivity index (χ1) is 10.2. The van der Waals surface area contributed by atoms with Gasteiger partial charge in [-0.15, -0.1) is 0 Å². The third-order valence-corrected chi connectivity index (χ3v) is 4.55. The number of halogens is 2. The SMILES string of the molecule is NNc1nc(-c2ccc(Br)cc2Cl)nc2c1CCCCC2. The Morgan fingerprint density at radius 2 is 1.95 bits per heavy atom. The van der Waals surface area contributed by atoms with E-state index in [4.69, 9.17) is 22.4 Å². The number of anilines is 1. The van der Waals surface area contributed by atoms with Crippen LogP contribution in [0.4, 0.5) is 5.82 Å². The van der Waals surface area contributed by atoms with Crippen LogP contribution in [0.2, 0.25) is 5.02 Å². The molecule has 3 rings (SSSR count). The minimum Gasteiger partial charge on any atom is -0.308 e. The zero-order chi connectivity index (χ0) is 14.8. The van der Waals surface area contributed by atoms with Crippen molar-refractivity contribution in [2.24, 2.45) is 5.84 Å². The Bertz CT molecular complexity index is 675. The van der Waals surface area contributed by atoms with Gasteiger partial charge in [-0.05, 0) is 43.9 Å². The summed E-state index contributed by atoms with van der Waals surface area (Å²) in [6.45, 7) is 0. The van der Waals surface area contributed by atoms with E-state index in [-0.39, 0.29) is 0 Å². The van der Waals surface area contributed by atoms with Crippen molar-refractivity contribution in [2.75, 3.05) is 5.43 Å². The molecule has 0 saturated heterocycles. The molecule has 0 saturated carbocycles. The van der Waals surface area contributed by atoms with Crippen LogP contribution >= 0.6 is 27.5 Å². The van der Waals surface area contributed by atoms with E-state index < -0.39 is 0 Å². The molecule has 1 aromatic carbocycles. The van der Waals surface area contributed by atoms with Crippen molar-refractivity contribution in [2.45, 2.75) is 32.1 Å². The van der Waals surface area contributed by atoms with Crippen molar-refractivity contribution in [3.63, 3.8) is 0 Å². The Kier molecular flexibility index (Phi) is 4.42. The highest BCUT2D eigenvalue weighted by Crippen LogP contribution is 2.32. The number of benzene rings is 1. The van der Waals surface area contributed by atoms with Gasteiger partial charge in [0.1, 0.15) is 5.82 Å². The van der Waals surface area contributed by atoms with Crippen molar-refractivity contribution in [3.8, 4) is 11.4 Å². The van der Waals surface area contributed by atoms with Crippen LogP contribution in [0.3, 0.4) is 0 Å². The van der Waals surface area contributed by atoms with E-state index >= 15 is 0 Å². The summed E-state index contributed by atoms with van der Waals surface area (Å²) in [6.07, 6.45) is 5.47. The lowest BCUT2D eigenvalue weighted by Crippen LogP contribution is -2.14. The van der Waals surface area contributed by atoms with Gasteiger partial charge in [0.2, 0.25) is 0 Å². The van der Waals surface area contributed by atoms with Crippen molar-refractivity contribution in [1.82, 2.24) is 9.97 Å². The Balaban J connectivity index is 2.13. The number of aromatic nitrogens is 2. The van der Waals surface area contributed by atoms with Crippen LogP contribution in [0.25, 0.3) is 11.4 Å². The lowest BCUT2D eigenvalue weighted by molar-refractivity contribution is 0.709. The largest absolute Gasteiger partial charge is 0.308 e. The fraction of sp³-hybridized carbons (Fsp3) is 0.333. The topological polar surface area (TPSA) is 63.8 Å². The average molecular weight is 368 g/mol. The predicted molar refractivity (Wildman–Crippen MR) is 89.2 cm³/mol. The third-order valence-electron chi connectivity index (χ3n) is 3.74. The molecular formula is C15H16BrClN4. The van der Waals surface area contributed by atoms with E-state index in [1.165, 1.54) is 6.42 Å². The number of hydrogen-bond donors (Lipinski definition) is 2. The molecule has 21 heavy (non-hydrogen) atoms. The fourth-order valence-electron chi connectivity index (χ4n) is 2.68. The van der Waals surface area contributed by atoms with E-state index in [9.17, 15) is 0 Å². The Hall–Kier alpha value is -1.17. The quantitative estimate of drug-likeness (QED) is 0.476. The van der Waals surface area contributed by atoms with Crippen molar-refractivity contribution in [3.05, 3.63) is 39.0 Å². The first-order valence-corrected chi connectivity index (χ1v) is 8.18. The fourth-order valence-corrected chi connectivity index (χ4v) is 3.44. The molecule has 1 aromatic heterocycles. The molecule has 2 aromatic rings. The summed E-state index contributed by atoms with van der Waals surface area (Å²) in [5, 5.41) is 0.626. The highest BCUT2D eigenvalue weighted by atomic mass is 79.9. The maximum atomic E-state index is 6.31. The third kappa shape index (κ3) is 3.05. The minimum atomic E-state index is 0.626. The maximum absolute atomic E-state index is 6.31. The smallest absolute Gasteiger partial charge is 0.163 e. The molecule has 1 aliphatic rings. The predicted octanol–water partition coefficient (Wildman–Crippen LogP) is 4.11. The second-order valence-corrected chi connectivity index (χ2v) is 6.47. The zero-order valence-electron chi connectivity index (χ0n) is 11.5. The van der Waals surface area contributed by atoms with E-state index in [2.05, 4.69) is 26.3 Å². The summed E-state index contributed by atoms with van der Waals surface area (Å²) < 4.78 is 0.934. The molecule has 0 aliphatic heterocycles. The Labute approximate surface area is 137 Å². The number of hydrogen-bond acceptors (Lipinski definition) is 4. The van der Waals surface area contributed by atoms with Crippen LogP contribution in [0.5, 0.6) is 0 Å². The second-order valence-electron chi connectivity index (χ2n) is 5.15. The first kappa shape index (κ1) is 14.8. The van der Waals surface area contributed by atoms with Gasteiger partial charge in [0, 0.05) is 21.3 Å². The van der Waals surface area contributed by atoms with Crippen LogP contribution in [-0.4, -0.2) is 9.97 Å². The van der Waals surface area contributed by atoms with E-state index in [1.807, 2.05) is 18.2 Å². The van der Waals surface area contributed by atoms with Crippen molar-refractivity contribution < 1.29 is 0 Å².